The van der Waals surface area contributed by atoms with Crippen LogP contribution in [0.25, 0.3) is 0 Å². The van der Waals surface area contributed by atoms with Crippen molar-refractivity contribution < 1.29 is 22.7 Å². The Kier molecular flexibility index (Phi) is 3.22. The predicted octanol–water partition coefficient (Wildman–Crippen LogP) is 2.18. The van der Waals surface area contributed by atoms with E-state index in [4.69, 9.17) is 10.5 Å². The molecule has 2 unspecified atom stereocenters. The van der Waals surface area contributed by atoms with E-state index < -0.39 is 23.4 Å². The first-order chi connectivity index (χ1) is 8.18. The summed E-state index contributed by atoms with van der Waals surface area (Å²) in [7, 11) is 0. The summed E-state index contributed by atoms with van der Waals surface area (Å²) in [6.07, 6.45) is -1.29. The third-order valence-electron chi connectivity index (χ3n) is 4.23. The molecule has 1 saturated heterocycles. The number of carbonyl (C=O) groups is 1. The van der Waals surface area contributed by atoms with Crippen LogP contribution >= 0.6 is 0 Å². The second-order valence-electron chi connectivity index (χ2n) is 5.64. The van der Waals surface area contributed by atoms with Crippen LogP contribution in [0.1, 0.15) is 39.0 Å². The maximum Gasteiger partial charge on any atom is 0.413 e. The molecule has 3 nitrogen and oxygen atoms in total. The Morgan fingerprint density at radius 3 is 2.44 bits per heavy atom. The van der Waals surface area contributed by atoms with Gasteiger partial charge in [-0.15, -0.1) is 0 Å². The molecule has 0 amide bonds. The zero-order chi connectivity index (χ0) is 13.6. The van der Waals surface area contributed by atoms with Crippen LogP contribution in [0.5, 0.6) is 0 Å². The van der Waals surface area contributed by atoms with E-state index in [1.54, 1.807) is 0 Å². The first kappa shape index (κ1) is 13.8. The third-order valence-corrected chi connectivity index (χ3v) is 4.23. The van der Waals surface area contributed by atoms with E-state index in [1.165, 1.54) is 0 Å². The van der Waals surface area contributed by atoms with Gasteiger partial charge in [-0.05, 0) is 39.0 Å². The molecule has 2 rings (SSSR count). The van der Waals surface area contributed by atoms with Crippen LogP contribution in [0.2, 0.25) is 0 Å². The van der Waals surface area contributed by atoms with Crippen molar-refractivity contribution in [3.8, 4) is 0 Å². The van der Waals surface area contributed by atoms with Gasteiger partial charge in [0, 0.05) is 12.5 Å². The van der Waals surface area contributed by atoms with Crippen LogP contribution in [0.4, 0.5) is 13.2 Å². The number of alkyl halides is 3. The van der Waals surface area contributed by atoms with Crippen molar-refractivity contribution in [1.29, 1.82) is 0 Å². The van der Waals surface area contributed by atoms with Crippen LogP contribution < -0.4 is 5.73 Å². The summed E-state index contributed by atoms with van der Waals surface area (Å²) in [5.41, 5.74) is 2.10. The molecule has 0 aromatic carbocycles. The van der Waals surface area contributed by atoms with E-state index in [1.807, 2.05) is 0 Å². The minimum absolute atomic E-state index is 0.337. The molecule has 18 heavy (non-hydrogen) atoms. The fraction of sp³-hybridized carbons (Fsp3) is 0.917. The second kappa shape index (κ2) is 4.20. The van der Waals surface area contributed by atoms with Crippen LogP contribution in [0.3, 0.4) is 0 Å². The number of nitrogens with two attached hydrogens (primary N) is 1. The van der Waals surface area contributed by atoms with Gasteiger partial charge in [0.05, 0.1) is 5.60 Å². The van der Waals surface area contributed by atoms with Crippen molar-refractivity contribution >= 4 is 5.78 Å². The predicted molar refractivity (Wildman–Crippen MR) is 58.9 cm³/mol. The molecular formula is C12H18F3NO2. The molecule has 2 N–H and O–H groups in total. The highest BCUT2D eigenvalue weighted by molar-refractivity contribution is 5.91. The lowest BCUT2D eigenvalue weighted by Crippen LogP contribution is -2.61. The molecule has 104 valence electrons. The molecule has 6 heteroatoms. The Morgan fingerprint density at radius 1 is 1.39 bits per heavy atom. The van der Waals surface area contributed by atoms with Crippen molar-refractivity contribution in [2.24, 2.45) is 11.7 Å². The fourth-order valence-electron chi connectivity index (χ4n) is 2.73. The van der Waals surface area contributed by atoms with Gasteiger partial charge in [0.15, 0.2) is 11.3 Å². The largest absolute Gasteiger partial charge is 0.413 e. The number of halogens is 3. The van der Waals surface area contributed by atoms with E-state index in [0.717, 1.165) is 26.2 Å². The van der Waals surface area contributed by atoms with Crippen LogP contribution in [-0.2, 0) is 9.53 Å². The zero-order valence-electron chi connectivity index (χ0n) is 10.3. The van der Waals surface area contributed by atoms with E-state index >= 15 is 0 Å². The smallest absolute Gasteiger partial charge is 0.375 e. The molecule has 0 aromatic rings. The lowest BCUT2D eigenvalue weighted by atomic mass is 9.69. The number of hydrogen-bond acceptors (Lipinski definition) is 3. The Hall–Kier alpha value is -0.620. The van der Waals surface area contributed by atoms with Crippen molar-refractivity contribution in [2.75, 3.05) is 6.61 Å². The number of hydrogen-bond donors (Lipinski definition) is 1. The minimum Gasteiger partial charge on any atom is -0.375 e. The van der Waals surface area contributed by atoms with Crippen molar-refractivity contribution in [3.63, 3.8) is 0 Å². The zero-order valence-corrected chi connectivity index (χ0v) is 10.3. The number of Topliss-reactive ketones (excluding diaryl/α,β-unsaturated/α-hetero) is 1. The van der Waals surface area contributed by atoms with Gasteiger partial charge in [0.1, 0.15) is 0 Å². The lowest BCUT2D eigenvalue weighted by Gasteiger charge is -2.47. The number of ether oxygens (including phenoxy) is 1. The van der Waals surface area contributed by atoms with E-state index in [0.29, 0.717) is 19.4 Å². The maximum absolute atomic E-state index is 12.8. The highest BCUT2D eigenvalue weighted by Crippen LogP contribution is 2.45. The Morgan fingerprint density at radius 2 is 2.00 bits per heavy atom. The van der Waals surface area contributed by atoms with Gasteiger partial charge in [-0.2, -0.15) is 13.2 Å². The van der Waals surface area contributed by atoms with Crippen molar-refractivity contribution in [1.82, 2.24) is 0 Å². The topological polar surface area (TPSA) is 52.3 Å². The molecule has 0 radical (unpaired) electrons. The summed E-state index contributed by atoms with van der Waals surface area (Å²) in [6.45, 7) is 1.11. The van der Waals surface area contributed by atoms with Crippen LogP contribution in [0, 0.1) is 5.92 Å². The molecule has 0 bridgehead atoms. The normalized spacial score (nSPS) is 30.6. The quantitative estimate of drug-likeness (QED) is 0.832. The highest BCUT2D eigenvalue weighted by Gasteiger charge is 2.57. The highest BCUT2D eigenvalue weighted by atomic mass is 19.4. The summed E-state index contributed by atoms with van der Waals surface area (Å²) in [5.74, 6) is -1.53. The van der Waals surface area contributed by atoms with Gasteiger partial charge in [0.2, 0.25) is 0 Å². The molecule has 1 aliphatic carbocycles. The van der Waals surface area contributed by atoms with Crippen LogP contribution in [-0.4, -0.2) is 29.7 Å². The summed E-state index contributed by atoms with van der Waals surface area (Å²) < 4.78 is 43.9. The summed E-state index contributed by atoms with van der Waals surface area (Å²) >= 11 is 0. The third kappa shape index (κ3) is 2.16. The maximum atomic E-state index is 12.8. The standard InChI is InChI=1S/C12H18F3NO2/c1-10(16,12(13,14)15)9(17)8-3-6-18-11(7-8)4-2-5-11/h8H,2-7,16H2,1H3. The summed E-state index contributed by atoms with van der Waals surface area (Å²) in [6, 6.07) is 0. The molecule has 2 atom stereocenters. The minimum atomic E-state index is -4.70. The van der Waals surface area contributed by atoms with Crippen molar-refractivity contribution in [3.05, 3.63) is 0 Å². The van der Waals surface area contributed by atoms with Gasteiger partial charge < -0.3 is 10.5 Å². The monoisotopic (exact) mass is 265 g/mol. The fourth-order valence-corrected chi connectivity index (χ4v) is 2.73. The average molecular weight is 265 g/mol. The van der Waals surface area contributed by atoms with E-state index in [9.17, 15) is 18.0 Å². The SMILES string of the molecule is CC(N)(C(=O)C1CCOC2(CCC2)C1)C(F)(F)F. The molecule has 1 spiro atoms. The Labute approximate surface area is 104 Å². The molecule has 1 aliphatic heterocycles. The van der Waals surface area contributed by atoms with Crippen molar-refractivity contribution in [2.45, 2.75) is 56.3 Å². The molecule has 2 fully saturated rings. The van der Waals surface area contributed by atoms with Gasteiger partial charge in [0.25, 0.3) is 0 Å². The average Bonchev–Trinajstić information content (AvgIpc) is 2.24. The molecule has 1 heterocycles. The van der Waals surface area contributed by atoms with Gasteiger partial charge in [-0.25, -0.2) is 0 Å². The number of ketones is 1. The number of rotatable bonds is 2. The van der Waals surface area contributed by atoms with Gasteiger partial charge in [-0.3, -0.25) is 4.79 Å². The van der Waals surface area contributed by atoms with Gasteiger partial charge in [-0.1, -0.05) is 0 Å². The van der Waals surface area contributed by atoms with E-state index in [2.05, 4.69) is 0 Å². The summed E-state index contributed by atoms with van der Waals surface area (Å²) in [5, 5.41) is 0. The lowest BCUT2D eigenvalue weighted by molar-refractivity contribution is -0.195. The first-order valence-electron chi connectivity index (χ1n) is 6.22. The number of carbonyl (C=O) groups excluding carboxylic acids is 1. The Balaban J connectivity index is 2.09. The molecular weight excluding hydrogens is 247 g/mol. The van der Waals surface area contributed by atoms with E-state index in [-0.39, 0.29) is 5.60 Å². The van der Waals surface area contributed by atoms with Crippen LogP contribution in [0.15, 0.2) is 0 Å². The first-order valence-corrected chi connectivity index (χ1v) is 6.22. The van der Waals surface area contributed by atoms with Gasteiger partial charge >= 0.3 is 6.18 Å². The second-order valence-corrected chi connectivity index (χ2v) is 5.64. The molecule has 2 aliphatic rings. The molecule has 1 saturated carbocycles. The summed E-state index contributed by atoms with van der Waals surface area (Å²) in [4.78, 5) is 12.0. The Bertz CT molecular complexity index is 348. The molecule has 0 aromatic heterocycles.